The van der Waals surface area contributed by atoms with Gasteiger partial charge < -0.3 is 4.74 Å². The predicted octanol–water partition coefficient (Wildman–Crippen LogP) is 2.85. The fourth-order valence-electron chi connectivity index (χ4n) is 1.75. The van der Waals surface area contributed by atoms with Gasteiger partial charge in [-0.05, 0) is 37.1 Å². The largest absolute Gasteiger partial charge is 2.00 e. The van der Waals surface area contributed by atoms with Crippen molar-refractivity contribution in [1.29, 1.82) is 0 Å². The minimum Gasteiger partial charge on any atom is -0.665 e. The number of hydrogen-bond donors (Lipinski definition) is 0. The molecule has 2 rings (SSSR count). The maximum absolute atomic E-state index is 4.96. The summed E-state index contributed by atoms with van der Waals surface area (Å²) in [6.07, 6.45) is 2.69. The Morgan fingerprint density at radius 2 is 2.06 bits per heavy atom. The third-order valence-electron chi connectivity index (χ3n) is 2.66. The molecule has 0 aliphatic heterocycles. The standard InChI is InChI=1S/C14H15N2O.W/c1-10-13(9-15-11(2)16-10)7-12-5-4-6-14(8-12)17-3;/h4-6,8-9H,3,7H2,1-2H3;/q-1;+2. The van der Waals surface area contributed by atoms with Gasteiger partial charge >= 0.3 is 21.1 Å². The third kappa shape index (κ3) is 3.64. The molecule has 0 aliphatic carbocycles. The van der Waals surface area contributed by atoms with Crippen molar-refractivity contribution in [2.45, 2.75) is 20.3 Å². The summed E-state index contributed by atoms with van der Waals surface area (Å²) in [5.74, 6) is 1.58. The summed E-state index contributed by atoms with van der Waals surface area (Å²) in [6, 6.07) is 7.88. The van der Waals surface area contributed by atoms with Crippen molar-refractivity contribution in [1.82, 2.24) is 9.97 Å². The van der Waals surface area contributed by atoms with E-state index in [0.717, 1.165) is 29.3 Å². The van der Waals surface area contributed by atoms with E-state index in [1.165, 1.54) is 5.56 Å². The Labute approximate surface area is 122 Å². The second kappa shape index (κ2) is 6.65. The van der Waals surface area contributed by atoms with E-state index in [9.17, 15) is 0 Å². The van der Waals surface area contributed by atoms with E-state index in [4.69, 9.17) is 4.74 Å². The van der Waals surface area contributed by atoms with Crippen LogP contribution in [0.5, 0.6) is 5.75 Å². The van der Waals surface area contributed by atoms with Crippen LogP contribution in [0.4, 0.5) is 0 Å². The zero-order valence-electron chi connectivity index (χ0n) is 10.5. The molecule has 0 aliphatic rings. The molecule has 92 valence electrons. The Kier molecular flexibility index (Phi) is 5.48. The minimum absolute atomic E-state index is 0. The minimum atomic E-state index is 0. The van der Waals surface area contributed by atoms with Crippen molar-refractivity contribution >= 4 is 0 Å². The summed E-state index contributed by atoms with van der Waals surface area (Å²) in [7, 11) is 3.41. The molecule has 1 aromatic carbocycles. The van der Waals surface area contributed by atoms with Gasteiger partial charge in [0.05, 0.1) is 5.75 Å². The number of ether oxygens (including phenoxy) is 1. The molecule has 4 heteroatoms. The molecule has 0 atom stereocenters. The van der Waals surface area contributed by atoms with Gasteiger partial charge in [0.15, 0.2) is 0 Å². The van der Waals surface area contributed by atoms with Crippen LogP contribution in [0, 0.1) is 21.0 Å². The maximum atomic E-state index is 4.96. The molecule has 0 unspecified atom stereocenters. The summed E-state index contributed by atoms with van der Waals surface area (Å²) >= 11 is 0. The number of benzene rings is 1. The number of aromatic nitrogens is 2. The summed E-state index contributed by atoms with van der Waals surface area (Å²) < 4.78 is 4.96. The van der Waals surface area contributed by atoms with Gasteiger partial charge in [0, 0.05) is 18.3 Å². The van der Waals surface area contributed by atoms with Gasteiger partial charge in [-0.1, -0.05) is 12.1 Å². The average Bonchev–Trinajstić information content (AvgIpc) is 2.33. The summed E-state index contributed by atoms with van der Waals surface area (Å²) in [5, 5.41) is 0. The van der Waals surface area contributed by atoms with Gasteiger partial charge in [0.1, 0.15) is 5.82 Å². The van der Waals surface area contributed by atoms with Gasteiger partial charge in [0.25, 0.3) is 0 Å². The monoisotopic (exact) mass is 411 g/mol. The molecule has 0 spiro atoms. The summed E-state index contributed by atoms with van der Waals surface area (Å²) in [5.41, 5.74) is 3.33. The molecule has 0 N–H and O–H groups in total. The molecule has 0 fully saturated rings. The van der Waals surface area contributed by atoms with Crippen LogP contribution in [-0.2, 0) is 27.5 Å². The van der Waals surface area contributed by atoms with Crippen molar-refractivity contribution in [3.63, 3.8) is 0 Å². The van der Waals surface area contributed by atoms with Crippen molar-refractivity contribution in [2.75, 3.05) is 0 Å². The molecule has 0 radical (unpaired) electrons. The zero-order chi connectivity index (χ0) is 12.3. The fraction of sp³-hybridized carbons (Fsp3) is 0.214. The smallest absolute Gasteiger partial charge is 0.665 e. The van der Waals surface area contributed by atoms with E-state index in [1.807, 2.05) is 38.2 Å². The topological polar surface area (TPSA) is 35.0 Å². The molecular weight excluding hydrogens is 396 g/mol. The van der Waals surface area contributed by atoms with Crippen molar-refractivity contribution in [2.24, 2.45) is 0 Å². The predicted molar refractivity (Wildman–Crippen MR) is 66.7 cm³/mol. The van der Waals surface area contributed by atoms with Crippen molar-refractivity contribution in [3.05, 3.63) is 60.2 Å². The molecule has 0 saturated heterocycles. The Morgan fingerprint density at radius 3 is 2.72 bits per heavy atom. The van der Waals surface area contributed by atoms with Crippen LogP contribution in [-0.4, -0.2) is 9.97 Å². The second-order valence-electron chi connectivity index (χ2n) is 4.00. The van der Waals surface area contributed by atoms with Crippen molar-refractivity contribution < 1.29 is 25.8 Å². The van der Waals surface area contributed by atoms with E-state index in [-0.39, 0.29) is 21.1 Å². The quantitative estimate of drug-likeness (QED) is 0.729. The van der Waals surface area contributed by atoms with Crippen molar-refractivity contribution in [3.8, 4) is 5.75 Å². The molecule has 1 heterocycles. The number of aryl methyl sites for hydroxylation is 2. The van der Waals surface area contributed by atoms with E-state index in [2.05, 4.69) is 23.1 Å². The average molecular weight is 411 g/mol. The molecular formula is C14H15N2OW+. The summed E-state index contributed by atoms with van der Waals surface area (Å²) in [6.45, 7) is 3.90. The van der Waals surface area contributed by atoms with Crippen LogP contribution in [0.3, 0.4) is 0 Å². The van der Waals surface area contributed by atoms with Crippen LogP contribution in [0.15, 0.2) is 30.5 Å². The van der Waals surface area contributed by atoms with Gasteiger partial charge in [-0.25, -0.2) is 9.97 Å². The van der Waals surface area contributed by atoms with Crippen LogP contribution < -0.4 is 4.74 Å². The first-order chi connectivity index (χ1) is 8.19. The van der Waals surface area contributed by atoms with Gasteiger partial charge in [-0.15, -0.1) is 0 Å². The van der Waals surface area contributed by atoms with Crippen LogP contribution in [0.25, 0.3) is 0 Å². The Hall–Kier alpha value is -1.21. The van der Waals surface area contributed by atoms with Crippen LogP contribution >= 0.6 is 0 Å². The Morgan fingerprint density at radius 1 is 1.28 bits per heavy atom. The van der Waals surface area contributed by atoms with Gasteiger partial charge in [-0.2, -0.15) is 7.11 Å². The molecule has 18 heavy (non-hydrogen) atoms. The second-order valence-corrected chi connectivity index (χ2v) is 4.00. The fourth-order valence-corrected chi connectivity index (χ4v) is 1.75. The molecule has 0 amide bonds. The van der Waals surface area contributed by atoms with E-state index in [1.54, 1.807) is 0 Å². The maximum Gasteiger partial charge on any atom is 2.00 e. The van der Waals surface area contributed by atoms with Crippen LogP contribution in [0.2, 0.25) is 0 Å². The van der Waals surface area contributed by atoms with E-state index >= 15 is 0 Å². The first-order valence-corrected chi connectivity index (χ1v) is 5.49. The third-order valence-corrected chi connectivity index (χ3v) is 2.66. The Balaban J connectivity index is 0.00000162. The van der Waals surface area contributed by atoms with Gasteiger partial charge in [-0.3, -0.25) is 0 Å². The molecule has 1 aromatic heterocycles. The first kappa shape index (κ1) is 14.8. The zero-order valence-corrected chi connectivity index (χ0v) is 13.4. The number of hydrogen-bond acceptors (Lipinski definition) is 3. The molecule has 2 aromatic rings. The van der Waals surface area contributed by atoms with E-state index < -0.39 is 0 Å². The van der Waals surface area contributed by atoms with Crippen LogP contribution in [0.1, 0.15) is 22.6 Å². The summed E-state index contributed by atoms with van der Waals surface area (Å²) in [4.78, 5) is 8.58. The Bertz CT molecular complexity index is 529. The van der Waals surface area contributed by atoms with E-state index in [0.29, 0.717) is 0 Å². The SMILES string of the molecule is [CH2-]Oc1cccc(Cc2cnc(C)nc2C)c1.[W+2]. The van der Waals surface area contributed by atoms with Gasteiger partial charge in [0.2, 0.25) is 0 Å². The number of rotatable bonds is 3. The first-order valence-electron chi connectivity index (χ1n) is 5.49. The molecule has 3 nitrogen and oxygen atoms in total. The molecule has 0 bridgehead atoms. The molecule has 0 saturated carbocycles. The number of nitrogens with zero attached hydrogens (tertiary/aromatic N) is 2. The normalized spacial score (nSPS) is 9.72.